The molecule has 1 amide bonds. The Balaban J connectivity index is 1.74. The zero-order valence-corrected chi connectivity index (χ0v) is 15.3. The summed E-state index contributed by atoms with van der Waals surface area (Å²) in [6, 6.07) is 15.9. The fraction of sp³-hybridized carbons (Fsp3) is 0.182. The third-order valence-electron chi connectivity index (χ3n) is 4.28. The van der Waals surface area contributed by atoms with Crippen LogP contribution in [-0.2, 0) is 6.42 Å². The predicted molar refractivity (Wildman–Crippen MR) is 107 cm³/mol. The van der Waals surface area contributed by atoms with E-state index in [9.17, 15) is 4.79 Å². The van der Waals surface area contributed by atoms with Gasteiger partial charge in [-0.3, -0.25) is 9.78 Å². The van der Waals surface area contributed by atoms with E-state index in [2.05, 4.69) is 48.5 Å². The molecule has 1 heterocycles. The van der Waals surface area contributed by atoms with Gasteiger partial charge in [-0.15, -0.1) is 0 Å². The number of benzene rings is 2. The molecule has 132 valence electrons. The number of aromatic nitrogens is 1. The van der Waals surface area contributed by atoms with Gasteiger partial charge in [-0.25, -0.2) is 0 Å². The van der Waals surface area contributed by atoms with Crippen LogP contribution in [-0.4, -0.2) is 10.9 Å². The molecule has 0 unspecified atom stereocenters. The van der Waals surface area contributed by atoms with Crippen LogP contribution in [0.2, 0.25) is 0 Å². The Morgan fingerprint density at radius 3 is 2.42 bits per heavy atom. The summed E-state index contributed by atoms with van der Waals surface area (Å²) in [5.41, 5.74) is 6.68. The molecule has 0 fully saturated rings. The molecule has 0 bridgehead atoms. The van der Waals surface area contributed by atoms with Crippen molar-refractivity contribution in [2.75, 3.05) is 10.6 Å². The highest BCUT2D eigenvalue weighted by atomic mass is 16.1. The van der Waals surface area contributed by atoms with Gasteiger partial charge in [0, 0.05) is 17.6 Å². The molecule has 26 heavy (non-hydrogen) atoms. The Morgan fingerprint density at radius 2 is 1.73 bits per heavy atom. The van der Waals surface area contributed by atoms with Gasteiger partial charge in [-0.2, -0.15) is 0 Å². The molecule has 2 aromatic carbocycles. The summed E-state index contributed by atoms with van der Waals surface area (Å²) in [7, 11) is 0. The second-order valence-electron chi connectivity index (χ2n) is 6.41. The molecule has 1 aromatic heterocycles. The molecular formula is C22H23N3O. The minimum absolute atomic E-state index is 0.175. The zero-order valence-electron chi connectivity index (χ0n) is 15.3. The number of rotatable bonds is 5. The third-order valence-corrected chi connectivity index (χ3v) is 4.28. The highest BCUT2D eigenvalue weighted by Gasteiger charge is 2.08. The lowest BCUT2D eigenvalue weighted by molar-refractivity contribution is 0.102. The second-order valence-corrected chi connectivity index (χ2v) is 6.41. The van der Waals surface area contributed by atoms with E-state index in [0.29, 0.717) is 5.56 Å². The topological polar surface area (TPSA) is 54.0 Å². The molecule has 0 aliphatic rings. The summed E-state index contributed by atoms with van der Waals surface area (Å²) in [6.07, 6.45) is 4.26. The molecule has 0 spiro atoms. The van der Waals surface area contributed by atoms with Gasteiger partial charge in [0.25, 0.3) is 5.91 Å². The third kappa shape index (κ3) is 4.28. The van der Waals surface area contributed by atoms with Crippen molar-refractivity contribution in [1.82, 2.24) is 4.98 Å². The van der Waals surface area contributed by atoms with Crippen molar-refractivity contribution >= 4 is 23.0 Å². The predicted octanol–water partition coefficient (Wildman–Crippen LogP) is 5.26. The molecule has 4 heteroatoms. The standard InChI is InChI=1S/C22H23N3O/c1-4-17-6-8-19(9-7-17)25-22(26)18-12-20(14-23-13-18)24-21-10-5-15(2)11-16(21)3/h5-14,24H,4H2,1-3H3,(H,25,26). The van der Waals surface area contributed by atoms with E-state index < -0.39 is 0 Å². The Kier molecular flexibility index (Phi) is 5.32. The first-order valence-corrected chi connectivity index (χ1v) is 8.75. The molecule has 4 nitrogen and oxygen atoms in total. The van der Waals surface area contributed by atoms with Gasteiger partial charge >= 0.3 is 0 Å². The molecule has 0 atom stereocenters. The van der Waals surface area contributed by atoms with E-state index in [0.717, 1.165) is 29.0 Å². The van der Waals surface area contributed by atoms with Gasteiger partial charge in [-0.1, -0.05) is 36.8 Å². The van der Waals surface area contributed by atoms with E-state index in [-0.39, 0.29) is 5.91 Å². The Labute approximate surface area is 154 Å². The Bertz CT molecular complexity index is 917. The molecule has 0 saturated carbocycles. The number of nitrogens with one attached hydrogen (secondary N) is 2. The normalized spacial score (nSPS) is 10.4. The van der Waals surface area contributed by atoms with Crippen LogP contribution in [0.4, 0.5) is 17.1 Å². The van der Waals surface area contributed by atoms with Gasteiger partial charge in [0.15, 0.2) is 0 Å². The van der Waals surface area contributed by atoms with Crippen molar-refractivity contribution < 1.29 is 4.79 Å². The number of carbonyl (C=O) groups is 1. The van der Waals surface area contributed by atoms with Crippen molar-refractivity contribution in [3.8, 4) is 0 Å². The van der Waals surface area contributed by atoms with Crippen LogP contribution in [0.15, 0.2) is 60.9 Å². The summed E-state index contributed by atoms with van der Waals surface area (Å²) < 4.78 is 0. The van der Waals surface area contributed by atoms with Crippen LogP contribution in [0, 0.1) is 13.8 Å². The lowest BCUT2D eigenvalue weighted by Gasteiger charge is -2.11. The first kappa shape index (κ1) is 17.7. The highest BCUT2D eigenvalue weighted by Crippen LogP contribution is 2.22. The van der Waals surface area contributed by atoms with Gasteiger partial charge < -0.3 is 10.6 Å². The van der Waals surface area contributed by atoms with Crippen LogP contribution in [0.3, 0.4) is 0 Å². The minimum atomic E-state index is -0.175. The summed E-state index contributed by atoms with van der Waals surface area (Å²) in [5, 5.41) is 6.24. The van der Waals surface area contributed by atoms with E-state index in [1.165, 1.54) is 11.1 Å². The van der Waals surface area contributed by atoms with Crippen molar-refractivity contribution in [2.45, 2.75) is 27.2 Å². The van der Waals surface area contributed by atoms with E-state index in [1.807, 2.05) is 36.4 Å². The highest BCUT2D eigenvalue weighted by molar-refractivity contribution is 6.04. The Hall–Kier alpha value is -3.14. The Morgan fingerprint density at radius 1 is 0.962 bits per heavy atom. The number of hydrogen-bond acceptors (Lipinski definition) is 3. The quantitative estimate of drug-likeness (QED) is 0.663. The fourth-order valence-electron chi connectivity index (χ4n) is 2.77. The van der Waals surface area contributed by atoms with Crippen LogP contribution >= 0.6 is 0 Å². The largest absolute Gasteiger partial charge is 0.354 e. The van der Waals surface area contributed by atoms with Crippen LogP contribution in [0.1, 0.15) is 34.0 Å². The molecule has 3 rings (SSSR count). The summed E-state index contributed by atoms with van der Waals surface area (Å²) >= 11 is 0. The van der Waals surface area contributed by atoms with Crippen molar-refractivity contribution in [1.29, 1.82) is 0 Å². The minimum Gasteiger partial charge on any atom is -0.354 e. The molecule has 0 saturated heterocycles. The molecule has 0 radical (unpaired) electrons. The number of aryl methyl sites for hydroxylation is 3. The maximum atomic E-state index is 12.5. The number of pyridine rings is 1. The fourth-order valence-corrected chi connectivity index (χ4v) is 2.77. The van der Waals surface area contributed by atoms with Crippen molar-refractivity contribution in [3.05, 3.63) is 83.2 Å². The number of carbonyl (C=O) groups excluding carboxylic acids is 1. The van der Waals surface area contributed by atoms with E-state index in [4.69, 9.17) is 0 Å². The molecule has 2 N–H and O–H groups in total. The summed E-state index contributed by atoms with van der Waals surface area (Å²) in [4.78, 5) is 16.7. The maximum absolute atomic E-state index is 12.5. The average Bonchev–Trinajstić information content (AvgIpc) is 2.65. The summed E-state index contributed by atoms with van der Waals surface area (Å²) in [6.45, 7) is 6.23. The van der Waals surface area contributed by atoms with Crippen LogP contribution < -0.4 is 10.6 Å². The lowest BCUT2D eigenvalue weighted by Crippen LogP contribution is -2.12. The maximum Gasteiger partial charge on any atom is 0.257 e. The number of hydrogen-bond donors (Lipinski definition) is 2. The van der Waals surface area contributed by atoms with Gasteiger partial charge in [0.2, 0.25) is 0 Å². The number of amides is 1. The monoisotopic (exact) mass is 345 g/mol. The van der Waals surface area contributed by atoms with Crippen LogP contribution in [0.25, 0.3) is 0 Å². The van der Waals surface area contributed by atoms with Crippen molar-refractivity contribution in [3.63, 3.8) is 0 Å². The SMILES string of the molecule is CCc1ccc(NC(=O)c2cncc(Nc3ccc(C)cc3C)c2)cc1. The smallest absolute Gasteiger partial charge is 0.257 e. The average molecular weight is 345 g/mol. The van der Waals surface area contributed by atoms with E-state index in [1.54, 1.807) is 12.4 Å². The second kappa shape index (κ2) is 7.83. The van der Waals surface area contributed by atoms with Crippen LogP contribution in [0.5, 0.6) is 0 Å². The van der Waals surface area contributed by atoms with Gasteiger partial charge in [0.05, 0.1) is 17.4 Å². The summed E-state index contributed by atoms with van der Waals surface area (Å²) in [5.74, 6) is -0.175. The molecule has 0 aliphatic heterocycles. The molecular weight excluding hydrogens is 322 g/mol. The van der Waals surface area contributed by atoms with E-state index >= 15 is 0 Å². The van der Waals surface area contributed by atoms with Gasteiger partial charge in [-0.05, 0) is 55.7 Å². The number of anilines is 3. The lowest BCUT2D eigenvalue weighted by atomic mass is 10.1. The van der Waals surface area contributed by atoms with Crippen molar-refractivity contribution in [2.24, 2.45) is 0 Å². The molecule has 3 aromatic rings. The van der Waals surface area contributed by atoms with Gasteiger partial charge in [0.1, 0.15) is 0 Å². The first-order chi connectivity index (χ1) is 12.5. The molecule has 0 aliphatic carbocycles. The zero-order chi connectivity index (χ0) is 18.5. The number of nitrogens with zero attached hydrogens (tertiary/aromatic N) is 1. The first-order valence-electron chi connectivity index (χ1n) is 8.75.